The number of allylic oxidation sites excluding steroid dienone is 1. The summed E-state index contributed by atoms with van der Waals surface area (Å²) in [5, 5.41) is 2.78. The number of hydrogen-bond donors (Lipinski definition) is 1. The molecule has 0 heterocycles. The monoisotopic (exact) mass is 225 g/mol. The van der Waals surface area contributed by atoms with Gasteiger partial charge in [-0.3, -0.25) is 4.79 Å². The molecule has 0 radical (unpaired) electrons. The van der Waals surface area contributed by atoms with Gasteiger partial charge in [0, 0.05) is 0 Å². The van der Waals surface area contributed by atoms with Gasteiger partial charge < -0.3 is 10.1 Å². The summed E-state index contributed by atoms with van der Waals surface area (Å²) in [6, 6.07) is 0. The summed E-state index contributed by atoms with van der Waals surface area (Å²) in [5.74, 6) is -0.556. The molecule has 4 heteroatoms. The lowest BCUT2D eigenvalue weighted by atomic mass is 9.81. The predicted octanol–water partition coefficient (Wildman–Crippen LogP) is 1.55. The highest BCUT2D eigenvalue weighted by molar-refractivity contribution is 5.93. The Balaban J connectivity index is 2.78. The van der Waals surface area contributed by atoms with Gasteiger partial charge >= 0.3 is 5.97 Å². The molecule has 4 nitrogen and oxygen atoms in total. The maximum atomic E-state index is 11.8. The molecule has 1 fully saturated rings. The van der Waals surface area contributed by atoms with Crippen molar-refractivity contribution >= 4 is 11.9 Å². The molecule has 1 saturated carbocycles. The van der Waals surface area contributed by atoms with Crippen LogP contribution in [0.25, 0.3) is 0 Å². The Morgan fingerprint density at radius 1 is 1.25 bits per heavy atom. The molecule has 0 aromatic heterocycles. The Hall–Kier alpha value is -1.32. The van der Waals surface area contributed by atoms with Crippen LogP contribution >= 0.6 is 0 Å². The zero-order chi connectivity index (χ0) is 12.0. The first-order chi connectivity index (χ1) is 7.64. The molecule has 0 unspecified atom stereocenters. The van der Waals surface area contributed by atoms with Crippen LogP contribution in [0.1, 0.15) is 39.0 Å². The molecule has 0 aromatic carbocycles. The van der Waals surface area contributed by atoms with Gasteiger partial charge in [0.25, 0.3) is 0 Å². The first kappa shape index (κ1) is 12.7. The minimum absolute atomic E-state index is 0.227. The standard InChI is InChI=1S/C12H19NO3/c1-3-7-10(14)13-12(11(15)16-2)8-5-4-6-9-12/h3,7H,4-6,8-9H2,1-2H3,(H,13,14)/b7-3+. The van der Waals surface area contributed by atoms with Crippen LogP contribution in [-0.4, -0.2) is 24.5 Å². The van der Waals surface area contributed by atoms with Crippen LogP contribution in [0, 0.1) is 0 Å². The molecule has 1 rings (SSSR count). The number of amides is 1. The highest BCUT2D eigenvalue weighted by Gasteiger charge is 2.41. The molecule has 1 amide bonds. The van der Waals surface area contributed by atoms with E-state index in [4.69, 9.17) is 4.74 Å². The number of rotatable bonds is 3. The molecule has 0 spiro atoms. The van der Waals surface area contributed by atoms with E-state index < -0.39 is 5.54 Å². The summed E-state index contributed by atoms with van der Waals surface area (Å²) in [4.78, 5) is 23.3. The Morgan fingerprint density at radius 3 is 2.38 bits per heavy atom. The summed E-state index contributed by atoms with van der Waals surface area (Å²) in [6.07, 6.45) is 7.43. The first-order valence-corrected chi connectivity index (χ1v) is 5.68. The van der Waals surface area contributed by atoms with E-state index >= 15 is 0 Å². The van der Waals surface area contributed by atoms with E-state index in [0.29, 0.717) is 12.8 Å². The smallest absolute Gasteiger partial charge is 0.331 e. The van der Waals surface area contributed by atoms with Crippen molar-refractivity contribution in [2.45, 2.75) is 44.6 Å². The van der Waals surface area contributed by atoms with Gasteiger partial charge in [0.05, 0.1) is 7.11 Å². The lowest BCUT2D eigenvalue weighted by molar-refractivity contribution is -0.152. The van der Waals surface area contributed by atoms with E-state index in [1.165, 1.54) is 13.2 Å². The predicted molar refractivity (Wildman–Crippen MR) is 60.8 cm³/mol. The Bertz CT molecular complexity index is 291. The zero-order valence-corrected chi connectivity index (χ0v) is 9.91. The van der Waals surface area contributed by atoms with Crippen molar-refractivity contribution in [3.8, 4) is 0 Å². The zero-order valence-electron chi connectivity index (χ0n) is 9.91. The van der Waals surface area contributed by atoms with Crippen LogP contribution in [-0.2, 0) is 14.3 Å². The van der Waals surface area contributed by atoms with E-state index in [0.717, 1.165) is 19.3 Å². The lowest BCUT2D eigenvalue weighted by Gasteiger charge is -2.34. The van der Waals surface area contributed by atoms with Crippen molar-refractivity contribution in [2.75, 3.05) is 7.11 Å². The van der Waals surface area contributed by atoms with Gasteiger partial charge in [-0.1, -0.05) is 25.3 Å². The highest BCUT2D eigenvalue weighted by Crippen LogP contribution is 2.29. The normalized spacial score (nSPS) is 19.4. The second-order valence-corrected chi connectivity index (χ2v) is 4.12. The van der Waals surface area contributed by atoms with Gasteiger partial charge in [-0.15, -0.1) is 0 Å². The number of nitrogens with one attached hydrogen (secondary N) is 1. The third-order valence-electron chi connectivity index (χ3n) is 2.96. The minimum Gasteiger partial charge on any atom is -0.467 e. The van der Waals surface area contributed by atoms with Crippen LogP contribution in [0.3, 0.4) is 0 Å². The number of ether oxygens (including phenoxy) is 1. The fourth-order valence-corrected chi connectivity index (χ4v) is 2.16. The summed E-state index contributed by atoms with van der Waals surface area (Å²) in [5.41, 5.74) is -0.802. The molecule has 16 heavy (non-hydrogen) atoms. The fourth-order valence-electron chi connectivity index (χ4n) is 2.16. The van der Waals surface area contributed by atoms with Crippen molar-refractivity contribution in [3.05, 3.63) is 12.2 Å². The molecular weight excluding hydrogens is 206 g/mol. The molecule has 1 N–H and O–H groups in total. The topological polar surface area (TPSA) is 55.4 Å². The average molecular weight is 225 g/mol. The maximum absolute atomic E-state index is 11.8. The summed E-state index contributed by atoms with van der Waals surface area (Å²) >= 11 is 0. The summed E-state index contributed by atoms with van der Waals surface area (Å²) in [7, 11) is 1.36. The molecular formula is C12H19NO3. The van der Waals surface area contributed by atoms with E-state index in [1.54, 1.807) is 13.0 Å². The van der Waals surface area contributed by atoms with Gasteiger partial charge in [-0.05, 0) is 25.8 Å². The fraction of sp³-hybridized carbons (Fsp3) is 0.667. The molecule has 0 bridgehead atoms. The Kier molecular flexibility index (Phi) is 4.52. The number of methoxy groups -OCH3 is 1. The van der Waals surface area contributed by atoms with E-state index in [2.05, 4.69) is 5.32 Å². The lowest BCUT2D eigenvalue weighted by Crippen LogP contribution is -2.55. The van der Waals surface area contributed by atoms with Gasteiger partial charge in [-0.25, -0.2) is 4.79 Å². The third-order valence-corrected chi connectivity index (χ3v) is 2.96. The summed E-state index contributed by atoms with van der Waals surface area (Å²) in [6.45, 7) is 1.77. The Morgan fingerprint density at radius 2 is 1.88 bits per heavy atom. The van der Waals surface area contributed by atoms with Crippen LogP contribution in [0.2, 0.25) is 0 Å². The van der Waals surface area contributed by atoms with Gasteiger partial charge in [0.15, 0.2) is 0 Å². The van der Waals surface area contributed by atoms with Crippen molar-refractivity contribution < 1.29 is 14.3 Å². The van der Waals surface area contributed by atoms with E-state index in [1.807, 2.05) is 0 Å². The molecule has 90 valence electrons. The van der Waals surface area contributed by atoms with Crippen LogP contribution in [0.5, 0.6) is 0 Å². The van der Waals surface area contributed by atoms with Crippen molar-refractivity contribution in [2.24, 2.45) is 0 Å². The summed E-state index contributed by atoms with van der Waals surface area (Å²) < 4.78 is 4.79. The van der Waals surface area contributed by atoms with Gasteiger partial charge in [0.2, 0.25) is 5.91 Å². The first-order valence-electron chi connectivity index (χ1n) is 5.68. The number of carbonyl (C=O) groups is 2. The Labute approximate surface area is 96.0 Å². The largest absolute Gasteiger partial charge is 0.467 e. The highest BCUT2D eigenvalue weighted by atomic mass is 16.5. The molecule has 0 aromatic rings. The van der Waals surface area contributed by atoms with Gasteiger partial charge in [-0.2, -0.15) is 0 Å². The number of esters is 1. The SMILES string of the molecule is C/C=C/C(=O)NC1(C(=O)OC)CCCCC1. The molecule has 0 saturated heterocycles. The van der Waals surface area contributed by atoms with Gasteiger partial charge in [0.1, 0.15) is 5.54 Å². The van der Waals surface area contributed by atoms with E-state index in [9.17, 15) is 9.59 Å². The van der Waals surface area contributed by atoms with Crippen LogP contribution in [0.4, 0.5) is 0 Å². The minimum atomic E-state index is -0.802. The van der Waals surface area contributed by atoms with Crippen molar-refractivity contribution in [3.63, 3.8) is 0 Å². The van der Waals surface area contributed by atoms with Crippen molar-refractivity contribution in [1.82, 2.24) is 5.32 Å². The molecule has 1 aliphatic carbocycles. The quantitative estimate of drug-likeness (QED) is 0.585. The average Bonchev–Trinajstić information content (AvgIpc) is 2.29. The third kappa shape index (κ3) is 2.84. The molecule has 0 aliphatic heterocycles. The number of carbonyl (C=O) groups excluding carboxylic acids is 2. The van der Waals surface area contributed by atoms with Crippen LogP contribution in [0.15, 0.2) is 12.2 Å². The van der Waals surface area contributed by atoms with Crippen LogP contribution < -0.4 is 5.32 Å². The second kappa shape index (κ2) is 5.68. The maximum Gasteiger partial charge on any atom is 0.331 e. The molecule has 1 aliphatic rings. The molecule has 0 atom stereocenters. The van der Waals surface area contributed by atoms with E-state index in [-0.39, 0.29) is 11.9 Å². The number of hydrogen-bond acceptors (Lipinski definition) is 3. The second-order valence-electron chi connectivity index (χ2n) is 4.12. The van der Waals surface area contributed by atoms with Crippen molar-refractivity contribution in [1.29, 1.82) is 0 Å².